The van der Waals surface area contributed by atoms with Gasteiger partial charge in [0.15, 0.2) is 0 Å². The van der Waals surface area contributed by atoms with Crippen molar-refractivity contribution >= 4 is 17.7 Å². The highest BCUT2D eigenvalue weighted by molar-refractivity contribution is 5.94. The summed E-state index contributed by atoms with van der Waals surface area (Å²) in [7, 11) is 0. The molecule has 0 bridgehead atoms. The molecule has 6 heteroatoms. The first kappa shape index (κ1) is 23.9. The minimum absolute atomic E-state index is 0.00228. The highest BCUT2D eigenvalue weighted by Gasteiger charge is 2.41. The van der Waals surface area contributed by atoms with Crippen LogP contribution in [0, 0.1) is 0 Å². The van der Waals surface area contributed by atoms with E-state index < -0.39 is 6.09 Å². The van der Waals surface area contributed by atoms with Crippen molar-refractivity contribution in [3.05, 3.63) is 53.6 Å². The Morgan fingerprint density at radius 1 is 0.971 bits per heavy atom. The number of likely N-dealkylation sites (tertiary alicyclic amines) is 1. The van der Waals surface area contributed by atoms with Gasteiger partial charge in [-0.05, 0) is 92.9 Å². The summed E-state index contributed by atoms with van der Waals surface area (Å²) in [5.41, 5.74) is 5.30. The van der Waals surface area contributed by atoms with E-state index in [4.69, 9.17) is 0 Å². The molecule has 2 aromatic carbocycles. The maximum atomic E-state index is 12.5. The molecule has 1 N–H and O–H groups in total. The second-order valence-electron chi connectivity index (χ2n) is 10.6. The van der Waals surface area contributed by atoms with Crippen molar-refractivity contribution in [2.24, 2.45) is 0 Å². The van der Waals surface area contributed by atoms with Gasteiger partial charge >= 0.3 is 6.09 Å². The lowest BCUT2D eigenvalue weighted by Gasteiger charge is -2.47. The minimum Gasteiger partial charge on any atom is -0.465 e. The summed E-state index contributed by atoms with van der Waals surface area (Å²) < 4.78 is 0. The van der Waals surface area contributed by atoms with Crippen molar-refractivity contribution in [2.45, 2.75) is 83.5 Å². The zero-order valence-electron chi connectivity index (χ0n) is 20.9. The van der Waals surface area contributed by atoms with Crippen molar-refractivity contribution < 1.29 is 14.7 Å². The van der Waals surface area contributed by atoms with Gasteiger partial charge in [0.05, 0.1) is 6.04 Å². The van der Waals surface area contributed by atoms with Crippen LogP contribution in [0.5, 0.6) is 0 Å². The molecule has 6 nitrogen and oxygen atoms in total. The van der Waals surface area contributed by atoms with E-state index >= 15 is 0 Å². The number of carbonyl (C=O) groups excluding carboxylic acids is 1. The number of amides is 2. The number of carboxylic acid groups (broad SMARTS) is 1. The highest BCUT2D eigenvalue weighted by atomic mass is 16.4. The molecule has 2 unspecified atom stereocenters. The number of piperidine rings is 1. The van der Waals surface area contributed by atoms with Crippen LogP contribution in [-0.4, -0.2) is 52.1 Å². The van der Waals surface area contributed by atoms with Crippen LogP contribution in [-0.2, 0) is 11.3 Å². The molecule has 1 saturated heterocycles. The third-order valence-corrected chi connectivity index (χ3v) is 8.16. The molecular formula is C29H37N3O3. The molecule has 186 valence electrons. The van der Waals surface area contributed by atoms with Crippen LogP contribution >= 0.6 is 0 Å². The number of benzene rings is 2. The average molecular weight is 476 g/mol. The number of carbonyl (C=O) groups is 2. The van der Waals surface area contributed by atoms with Crippen LogP contribution in [0.25, 0.3) is 11.1 Å². The number of hydrogen-bond donors (Lipinski definition) is 1. The molecule has 2 heterocycles. The van der Waals surface area contributed by atoms with Crippen molar-refractivity contribution in [1.29, 1.82) is 0 Å². The summed E-state index contributed by atoms with van der Waals surface area (Å²) in [6.45, 7) is 6.97. The monoisotopic (exact) mass is 475 g/mol. The molecule has 1 saturated carbocycles. The molecule has 3 aliphatic rings. The van der Waals surface area contributed by atoms with Crippen molar-refractivity contribution in [3.8, 4) is 11.1 Å². The topological polar surface area (TPSA) is 64.1 Å². The summed E-state index contributed by atoms with van der Waals surface area (Å²) in [6.07, 6.45) is 6.59. The first-order chi connectivity index (χ1) is 16.9. The van der Waals surface area contributed by atoms with Gasteiger partial charge < -0.3 is 10.0 Å². The first-order valence-electron chi connectivity index (χ1n) is 13.2. The van der Waals surface area contributed by atoms with Crippen LogP contribution in [0.4, 0.5) is 10.5 Å². The van der Waals surface area contributed by atoms with E-state index in [0.29, 0.717) is 6.42 Å². The van der Waals surface area contributed by atoms with Crippen molar-refractivity contribution in [3.63, 3.8) is 0 Å². The second kappa shape index (κ2) is 10.0. The van der Waals surface area contributed by atoms with Crippen molar-refractivity contribution in [2.75, 3.05) is 18.0 Å². The summed E-state index contributed by atoms with van der Waals surface area (Å²) in [5.74, 6) is -0.00228. The lowest BCUT2D eigenvalue weighted by atomic mass is 9.84. The molecular weight excluding hydrogens is 438 g/mol. The number of nitrogens with zero attached hydrogens (tertiary/aromatic N) is 3. The molecule has 2 aliphatic heterocycles. The minimum atomic E-state index is -0.860. The standard InChI is InChI=1S/C29H37N3O3/c1-20-17-28(32(29(34)35)25-7-6-8-25)26-18-24(13-14-27(26)31(20)21(2)33)23-11-9-22(10-12-23)19-30-15-4-3-5-16-30/h9-14,18,20,25,28H,3-8,15-17,19H2,1-2H3,(H,34,35). The van der Waals surface area contributed by atoms with Crippen LogP contribution < -0.4 is 4.90 Å². The molecule has 0 aromatic heterocycles. The Morgan fingerprint density at radius 3 is 2.26 bits per heavy atom. The molecule has 1 aliphatic carbocycles. The Hall–Kier alpha value is -2.86. The molecule has 2 fully saturated rings. The quantitative estimate of drug-likeness (QED) is 0.571. The SMILES string of the molecule is CC(=O)N1c2ccc(-c3ccc(CN4CCCCC4)cc3)cc2C(N(C(=O)O)C2CCC2)CC1C. The van der Waals surface area contributed by atoms with Gasteiger partial charge in [0.25, 0.3) is 0 Å². The van der Waals surface area contributed by atoms with Crippen molar-refractivity contribution in [1.82, 2.24) is 9.80 Å². The van der Waals surface area contributed by atoms with Crippen LogP contribution in [0.1, 0.15) is 76.0 Å². The lowest BCUT2D eigenvalue weighted by Crippen LogP contribution is -2.51. The van der Waals surface area contributed by atoms with Gasteiger partial charge in [0.2, 0.25) is 5.91 Å². The highest BCUT2D eigenvalue weighted by Crippen LogP contribution is 2.45. The number of fused-ring (bicyclic) bond motifs is 1. The van der Waals surface area contributed by atoms with Crippen LogP contribution in [0.2, 0.25) is 0 Å². The van der Waals surface area contributed by atoms with Gasteiger partial charge in [0.1, 0.15) is 0 Å². The molecule has 2 aromatic rings. The molecule has 2 atom stereocenters. The Labute approximate surface area is 208 Å². The molecule has 0 spiro atoms. The predicted octanol–water partition coefficient (Wildman–Crippen LogP) is 6.06. The Morgan fingerprint density at radius 2 is 1.66 bits per heavy atom. The zero-order chi connectivity index (χ0) is 24.5. The van der Waals surface area contributed by atoms with E-state index in [1.54, 1.807) is 11.8 Å². The fourth-order valence-corrected chi connectivity index (χ4v) is 6.14. The smallest absolute Gasteiger partial charge is 0.408 e. The zero-order valence-corrected chi connectivity index (χ0v) is 20.9. The fraction of sp³-hybridized carbons (Fsp3) is 0.517. The molecule has 0 radical (unpaired) electrons. The van der Waals surface area contributed by atoms with Gasteiger partial charge in [-0.2, -0.15) is 0 Å². The molecule has 2 amide bonds. The van der Waals surface area contributed by atoms with E-state index in [0.717, 1.165) is 48.2 Å². The van der Waals surface area contributed by atoms with Gasteiger partial charge in [-0.25, -0.2) is 4.79 Å². The van der Waals surface area contributed by atoms with Gasteiger partial charge in [-0.1, -0.05) is 36.8 Å². The average Bonchev–Trinajstić information content (AvgIpc) is 2.81. The van der Waals surface area contributed by atoms with Crippen LogP contribution in [0.3, 0.4) is 0 Å². The number of anilines is 1. The second-order valence-corrected chi connectivity index (χ2v) is 10.6. The van der Waals surface area contributed by atoms with Gasteiger partial charge in [-0.15, -0.1) is 0 Å². The molecule has 5 rings (SSSR count). The maximum Gasteiger partial charge on any atom is 0.408 e. The van der Waals surface area contributed by atoms with E-state index in [9.17, 15) is 14.7 Å². The lowest BCUT2D eigenvalue weighted by molar-refractivity contribution is -0.117. The first-order valence-corrected chi connectivity index (χ1v) is 13.2. The predicted molar refractivity (Wildman–Crippen MR) is 138 cm³/mol. The maximum absolute atomic E-state index is 12.5. The van der Waals surface area contributed by atoms with E-state index in [1.165, 1.54) is 37.9 Å². The normalized spacial score (nSPS) is 22.9. The largest absolute Gasteiger partial charge is 0.465 e. The van der Waals surface area contributed by atoms with Crippen LogP contribution in [0.15, 0.2) is 42.5 Å². The number of hydrogen-bond acceptors (Lipinski definition) is 3. The van der Waals surface area contributed by atoms with Gasteiger partial charge in [-0.3, -0.25) is 14.6 Å². The van der Waals surface area contributed by atoms with E-state index in [1.807, 2.05) is 17.9 Å². The van der Waals surface area contributed by atoms with E-state index in [2.05, 4.69) is 41.3 Å². The third-order valence-electron chi connectivity index (χ3n) is 8.16. The fourth-order valence-electron chi connectivity index (χ4n) is 6.14. The molecule has 35 heavy (non-hydrogen) atoms. The third kappa shape index (κ3) is 4.81. The summed E-state index contributed by atoms with van der Waals surface area (Å²) >= 11 is 0. The Bertz CT molecular complexity index is 1070. The Balaban J connectivity index is 1.47. The number of rotatable bonds is 5. The summed E-state index contributed by atoms with van der Waals surface area (Å²) in [4.78, 5) is 30.9. The van der Waals surface area contributed by atoms with Gasteiger partial charge in [0, 0.05) is 31.2 Å². The summed E-state index contributed by atoms with van der Waals surface area (Å²) in [6, 6.07) is 14.7. The summed E-state index contributed by atoms with van der Waals surface area (Å²) in [5, 5.41) is 10.1. The van der Waals surface area contributed by atoms with E-state index in [-0.39, 0.29) is 24.0 Å². The Kier molecular flexibility index (Phi) is 6.83.